The van der Waals surface area contributed by atoms with Gasteiger partial charge in [-0.3, -0.25) is 0 Å². The monoisotopic (exact) mass is 841 g/mol. The van der Waals surface area contributed by atoms with Crippen molar-refractivity contribution in [3.8, 4) is 0 Å². The van der Waals surface area contributed by atoms with Gasteiger partial charge in [-0.25, -0.2) is 0 Å². The zero-order chi connectivity index (χ0) is 44.9. The van der Waals surface area contributed by atoms with Gasteiger partial charge in [-0.15, -0.1) is 0 Å². The first-order valence-electron chi connectivity index (χ1n) is 28.6. The Bertz CT molecular complexity index is 934. The molecule has 1 aliphatic carbocycles. The Labute approximate surface area is 383 Å². The van der Waals surface area contributed by atoms with Gasteiger partial charge >= 0.3 is 0 Å². The minimum Gasteiger partial charge on any atom is -0.0654 e. The lowest BCUT2D eigenvalue weighted by molar-refractivity contribution is 0.156. The summed E-state index contributed by atoms with van der Waals surface area (Å²) in [5.74, 6) is 13.3. The van der Waals surface area contributed by atoms with Crippen LogP contribution in [0, 0.1) is 88.8 Å². The van der Waals surface area contributed by atoms with E-state index in [9.17, 15) is 0 Å². The number of rotatable bonds is 16. The van der Waals surface area contributed by atoms with Crippen LogP contribution in [0.5, 0.6) is 0 Å². The molecule has 1 saturated carbocycles. The highest BCUT2D eigenvalue weighted by molar-refractivity contribution is 4.80. The molecule has 1 aliphatic rings. The first kappa shape index (κ1) is 58.0. The number of hydrogen-bond acceptors (Lipinski definition) is 0. The normalized spacial score (nSPS) is 33.8. The Kier molecular flexibility index (Phi) is 34.1. The van der Waals surface area contributed by atoms with E-state index >= 15 is 0 Å². The van der Waals surface area contributed by atoms with Gasteiger partial charge in [-0.05, 0) is 121 Å². The molecule has 1 rings (SSSR count). The lowest BCUT2D eigenvalue weighted by Crippen LogP contribution is -2.25. The molecular formula is C60H120. The molecule has 0 nitrogen and oxygen atoms in total. The lowest BCUT2D eigenvalue weighted by atomic mass is 9.70. The lowest BCUT2D eigenvalue weighted by Gasteiger charge is -2.35. The minimum absolute atomic E-state index is 0.855. The van der Waals surface area contributed by atoms with Crippen LogP contribution < -0.4 is 0 Å². The quantitative estimate of drug-likeness (QED) is 0.145. The van der Waals surface area contributed by atoms with Crippen LogP contribution in [0.1, 0.15) is 296 Å². The van der Waals surface area contributed by atoms with Crippen LogP contribution in [0.25, 0.3) is 0 Å². The van der Waals surface area contributed by atoms with Crippen LogP contribution >= 0.6 is 0 Å². The molecule has 0 aromatic heterocycles. The molecule has 60 heavy (non-hydrogen) atoms. The molecule has 0 amide bonds. The third-order valence-corrected chi connectivity index (χ3v) is 17.5. The highest BCUT2D eigenvalue weighted by Crippen LogP contribution is 2.40. The maximum atomic E-state index is 2.67. The van der Waals surface area contributed by atoms with E-state index in [1.165, 1.54) is 193 Å². The molecule has 15 unspecified atom stereocenters. The predicted octanol–water partition coefficient (Wildman–Crippen LogP) is 21.2. The summed E-state index contributed by atoms with van der Waals surface area (Å²) in [6, 6.07) is 0. The summed E-state index contributed by atoms with van der Waals surface area (Å²) in [4.78, 5) is 0. The maximum absolute atomic E-state index is 2.67. The fraction of sp³-hybridized carbons (Fsp3) is 1.00. The molecule has 0 bridgehead atoms. The van der Waals surface area contributed by atoms with Crippen LogP contribution in [-0.2, 0) is 0 Å². The summed E-state index contributed by atoms with van der Waals surface area (Å²) in [7, 11) is 0. The van der Waals surface area contributed by atoms with Gasteiger partial charge in [-0.2, -0.15) is 0 Å². The summed E-state index contributed by atoms with van der Waals surface area (Å²) < 4.78 is 0. The van der Waals surface area contributed by atoms with Crippen molar-refractivity contribution in [1.82, 2.24) is 0 Å². The average molecular weight is 842 g/mol. The van der Waals surface area contributed by atoms with Gasteiger partial charge in [0.05, 0.1) is 0 Å². The van der Waals surface area contributed by atoms with Gasteiger partial charge in [0.25, 0.3) is 0 Å². The third-order valence-electron chi connectivity index (χ3n) is 17.5. The Morgan fingerprint density at radius 3 is 1.18 bits per heavy atom. The van der Waals surface area contributed by atoms with Gasteiger partial charge in [0.1, 0.15) is 0 Å². The van der Waals surface area contributed by atoms with E-state index in [2.05, 4.69) is 104 Å². The maximum Gasteiger partial charge on any atom is -0.0381 e. The molecule has 0 aromatic carbocycles. The highest BCUT2D eigenvalue weighted by Gasteiger charge is 2.29. The molecule has 0 aliphatic heterocycles. The van der Waals surface area contributed by atoms with E-state index in [4.69, 9.17) is 0 Å². The molecule has 0 saturated heterocycles. The number of unbranched alkanes of at least 4 members (excludes halogenated alkanes) is 2. The molecule has 0 radical (unpaired) electrons. The van der Waals surface area contributed by atoms with Crippen molar-refractivity contribution in [3.63, 3.8) is 0 Å². The fourth-order valence-electron chi connectivity index (χ4n) is 12.3. The van der Waals surface area contributed by atoms with Crippen molar-refractivity contribution in [2.24, 2.45) is 88.8 Å². The van der Waals surface area contributed by atoms with Crippen molar-refractivity contribution >= 4 is 0 Å². The molecule has 0 heterocycles. The smallest absolute Gasteiger partial charge is 0.0381 e. The topological polar surface area (TPSA) is 0 Å². The van der Waals surface area contributed by atoms with Crippen molar-refractivity contribution in [3.05, 3.63) is 0 Å². The average Bonchev–Trinajstić information content (AvgIpc) is 3.20. The van der Waals surface area contributed by atoms with Crippen LogP contribution in [0.15, 0.2) is 0 Å². The highest BCUT2D eigenvalue weighted by atomic mass is 14.3. The molecule has 360 valence electrons. The van der Waals surface area contributed by atoms with E-state index in [-0.39, 0.29) is 0 Å². The second kappa shape index (κ2) is 35.3. The summed E-state index contributed by atoms with van der Waals surface area (Å²) in [6.07, 6.45) is 43.2. The Hall–Kier alpha value is 0. The second-order valence-corrected chi connectivity index (χ2v) is 24.5. The van der Waals surface area contributed by atoms with E-state index < -0.39 is 0 Å². The summed E-state index contributed by atoms with van der Waals surface area (Å²) >= 11 is 0. The van der Waals surface area contributed by atoms with Crippen LogP contribution in [0.2, 0.25) is 0 Å². The van der Waals surface area contributed by atoms with E-state index in [0.29, 0.717) is 0 Å². The zero-order valence-electron chi connectivity index (χ0n) is 44.9. The van der Waals surface area contributed by atoms with Crippen molar-refractivity contribution in [1.29, 1.82) is 0 Å². The van der Waals surface area contributed by atoms with Crippen LogP contribution in [-0.4, -0.2) is 0 Å². The van der Waals surface area contributed by atoms with Gasteiger partial charge in [-0.1, -0.05) is 264 Å². The molecule has 0 spiro atoms. The summed E-state index contributed by atoms with van der Waals surface area (Å²) in [5.41, 5.74) is 0. The van der Waals surface area contributed by atoms with E-state index in [1.54, 1.807) is 0 Å². The van der Waals surface area contributed by atoms with Crippen molar-refractivity contribution in [2.75, 3.05) is 0 Å². The standard InChI is InChI=1S/C60H120/c1-16-19-25-46(4)28-22-33-52(10)43-59(42-50(8)26-20-17-2)60-44-53(11)34-24-31-49(7)36-40-57(15)58(18-3)41-51(9)32-23-29-47(5)27-21-30-48(6)35-38-55(13)56(14)39-37-54(12)45-60/h46-60H,16-45H2,1-15H3. The molecule has 0 N–H and O–H groups in total. The van der Waals surface area contributed by atoms with E-state index in [1.807, 2.05) is 0 Å². The first-order chi connectivity index (χ1) is 28.6. The van der Waals surface area contributed by atoms with E-state index in [0.717, 1.165) is 88.8 Å². The minimum atomic E-state index is 0.855. The largest absolute Gasteiger partial charge is 0.0654 e. The predicted molar refractivity (Wildman–Crippen MR) is 276 cm³/mol. The third kappa shape index (κ3) is 28.7. The Balaban J connectivity index is 3.18. The Morgan fingerprint density at radius 1 is 0.367 bits per heavy atom. The Morgan fingerprint density at radius 2 is 0.717 bits per heavy atom. The van der Waals surface area contributed by atoms with Gasteiger partial charge in [0.2, 0.25) is 0 Å². The zero-order valence-corrected chi connectivity index (χ0v) is 44.9. The molecular weight excluding hydrogens is 721 g/mol. The first-order valence-corrected chi connectivity index (χ1v) is 28.6. The molecule has 0 heteroatoms. The number of hydrogen-bond donors (Lipinski definition) is 0. The van der Waals surface area contributed by atoms with Gasteiger partial charge in [0, 0.05) is 0 Å². The van der Waals surface area contributed by atoms with Gasteiger partial charge in [0.15, 0.2) is 0 Å². The molecule has 1 fully saturated rings. The second-order valence-electron chi connectivity index (χ2n) is 24.5. The molecule has 0 aromatic rings. The molecule has 15 atom stereocenters. The van der Waals surface area contributed by atoms with Crippen LogP contribution in [0.3, 0.4) is 0 Å². The fourth-order valence-corrected chi connectivity index (χ4v) is 12.3. The summed E-state index contributed by atoms with van der Waals surface area (Å²) in [6.45, 7) is 38.5. The van der Waals surface area contributed by atoms with Crippen LogP contribution in [0.4, 0.5) is 0 Å². The van der Waals surface area contributed by atoms with Crippen molar-refractivity contribution < 1.29 is 0 Å². The summed E-state index contributed by atoms with van der Waals surface area (Å²) in [5, 5.41) is 0. The van der Waals surface area contributed by atoms with Crippen molar-refractivity contribution in [2.45, 2.75) is 296 Å². The van der Waals surface area contributed by atoms with Gasteiger partial charge < -0.3 is 0 Å². The SMILES string of the molecule is CCCCC(C)CCCC(C)CC(CC(C)CCCC)C1CC(C)CCCC(C)CCC(C)C(CC)CC(C)CCCC(C)CCCC(C)CCC(C)C(C)CCC(C)C1.